The number of benzene rings is 1. The van der Waals surface area contributed by atoms with Crippen LogP contribution in [-0.4, -0.2) is 42.3 Å². The molecule has 0 saturated carbocycles. The Hall–Kier alpha value is -2.24. The van der Waals surface area contributed by atoms with E-state index in [0.29, 0.717) is 19.1 Å². The number of nitrogens with one attached hydrogen (secondary N) is 1. The highest BCUT2D eigenvalue weighted by atomic mass is 16.6. The van der Waals surface area contributed by atoms with E-state index < -0.39 is 5.60 Å². The van der Waals surface area contributed by atoms with Gasteiger partial charge in [-0.05, 0) is 57.9 Å². The third-order valence-corrected chi connectivity index (χ3v) is 4.54. The van der Waals surface area contributed by atoms with Crippen molar-refractivity contribution in [2.75, 3.05) is 19.6 Å². The molecule has 1 fully saturated rings. The summed E-state index contributed by atoms with van der Waals surface area (Å²) in [6.45, 7) is 7.96. The third kappa shape index (κ3) is 8.33. The molecular weight excluding hydrogens is 344 g/mol. The van der Waals surface area contributed by atoms with Gasteiger partial charge in [-0.15, -0.1) is 0 Å². The minimum atomic E-state index is -0.466. The van der Waals surface area contributed by atoms with Crippen LogP contribution in [0.2, 0.25) is 0 Å². The van der Waals surface area contributed by atoms with Crippen molar-refractivity contribution in [1.29, 1.82) is 0 Å². The largest absolute Gasteiger partial charge is 0.445 e. The molecule has 1 saturated heterocycles. The van der Waals surface area contributed by atoms with E-state index in [-0.39, 0.29) is 12.2 Å². The van der Waals surface area contributed by atoms with Crippen LogP contribution in [0.25, 0.3) is 0 Å². The van der Waals surface area contributed by atoms with Crippen LogP contribution < -0.4 is 5.32 Å². The average Bonchev–Trinajstić information content (AvgIpc) is 2.63. The SMILES string of the molecule is CC(C)(C)OC(=O)NCCCC1CCN(C(=O)OCc2ccccc2)CC1. The number of likely N-dealkylation sites (tertiary alicyclic amines) is 1. The van der Waals surface area contributed by atoms with Crippen LogP contribution in [-0.2, 0) is 16.1 Å². The fourth-order valence-corrected chi connectivity index (χ4v) is 3.11. The zero-order valence-corrected chi connectivity index (χ0v) is 16.7. The summed E-state index contributed by atoms with van der Waals surface area (Å²) in [6, 6.07) is 9.72. The smallest absolute Gasteiger partial charge is 0.410 e. The molecule has 6 nitrogen and oxygen atoms in total. The Labute approximate surface area is 162 Å². The first-order chi connectivity index (χ1) is 12.8. The van der Waals surface area contributed by atoms with E-state index in [1.165, 1.54) is 0 Å². The van der Waals surface area contributed by atoms with Gasteiger partial charge in [0.05, 0.1) is 0 Å². The van der Waals surface area contributed by atoms with Crippen LogP contribution in [0.5, 0.6) is 0 Å². The van der Waals surface area contributed by atoms with E-state index in [1.54, 1.807) is 4.90 Å². The molecule has 27 heavy (non-hydrogen) atoms. The van der Waals surface area contributed by atoms with E-state index in [1.807, 2.05) is 51.1 Å². The molecule has 1 N–H and O–H groups in total. The molecule has 0 unspecified atom stereocenters. The van der Waals surface area contributed by atoms with Gasteiger partial charge in [-0.25, -0.2) is 9.59 Å². The van der Waals surface area contributed by atoms with E-state index in [9.17, 15) is 9.59 Å². The normalized spacial score (nSPS) is 15.3. The maximum Gasteiger partial charge on any atom is 0.410 e. The number of hydrogen-bond acceptors (Lipinski definition) is 4. The maximum atomic E-state index is 12.2. The van der Waals surface area contributed by atoms with Crippen LogP contribution >= 0.6 is 0 Å². The van der Waals surface area contributed by atoms with Gasteiger partial charge in [0.1, 0.15) is 12.2 Å². The third-order valence-electron chi connectivity index (χ3n) is 4.54. The first kappa shape index (κ1) is 21.1. The number of rotatable bonds is 6. The van der Waals surface area contributed by atoms with E-state index in [0.717, 1.165) is 44.3 Å². The van der Waals surface area contributed by atoms with Gasteiger partial charge in [0.15, 0.2) is 0 Å². The van der Waals surface area contributed by atoms with Crippen molar-refractivity contribution in [3.05, 3.63) is 35.9 Å². The second-order valence-corrected chi connectivity index (χ2v) is 8.04. The number of alkyl carbamates (subject to hydrolysis) is 1. The Bertz CT molecular complexity index is 590. The lowest BCUT2D eigenvalue weighted by atomic mass is 9.92. The number of carbonyl (C=O) groups excluding carboxylic acids is 2. The number of hydrogen-bond donors (Lipinski definition) is 1. The number of piperidine rings is 1. The fraction of sp³-hybridized carbons (Fsp3) is 0.619. The molecule has 2 amide bonds. The van der Waals surface area contributed by atoms with Gasteiger partial charge in [-0.1, -0.05) is 30.3 Å². The van der Waals surface area contributed by atoms with Crippen LogP contribution in [0.15, 0.2) is 30.3 Å². The predicted molar refractivity (Wildman–Crippen MR) is 104 cm³/mol. The molecule has 0 bridgehead atoms. The molecule has 0 spiro atoms. The summed E-state index contributed by atoms with van der Waals surface area (Å²) in [5.74, 6) is 0.587. The Morgan fingerprint density at radius 3 is 2.44 bits per heavy atom. The monoisotopic (exact) mass is 376 g/mol. The molecule has 6 heteroatoms. The molecule has 1 aromatic carbocycles. The molecule has 0 aliphatic carbocycles. The molecule has 0 radical (unpaired) electrons. The van der Waals surface area contributed by atoms with Gasteiger partial charge in [0, 0.05) is 19.6 Å². The van der Waals surface area contributed by atoms with E-state index in [4.69, 9.17) is 9.47 Å². The molecule has 0 atom stereocenters. The summed E-state index contributed by atoms with van der Waals surface area (Å²) >= 11 is 0. The van der Waals surface area contributed by atoms with Crippen molar-refractivity contribution in [2.45, 2.75) is 58.7 Å². The second kappa shape index (κ2) is 10.2. The van der Waals surface area contributed by atoms with Crippen molar-refractivity contribution in [3.8, 4) is 0 Å². The maximum absolute atomic E-state index is 12.2. The van der Waals surface area contributed by atoms with Gasteiger partial charge in [-0.3, -0.25) is 0 Å². The zero-order valence-electron chi connectivity index (χ0n) is 16.7. The van der Waals surface area contributed by atoms with Crippen LogP contribution in [0.4, 0.5) is 9.59 Å². The number of carbonyl (C=O) groups is 2. The highest BCUT2D eigenvalue weighted by molar-refractivity contribution is 5.68. The lowest BCUT2D eigenvalue weighted by molar-refractivity contribution is 0.0524. The summed E-state index contributed by atoms with van der Waals surface area (Å²) in [5, 5.41) is 2.79. The van der Waals surface area contributed by atoms with Crippen molar-refractivity contribution in [3.63, 3.8) is 0 Å². The van der Waals surface area contributed by atoms with Crippen LogP contribution in [0, 0.1) is 5.92 Å². The average molecular weight is 376 g/mol. The van der Waals surface area contributed by atoms with Crippen molar-refractivity contribution in [1.82, 2.24) is 10.2 Å². The first-order valence-corrected chi connectivity index (χ1v) is 9.76. The molecule has 1 aromatic rings. The summed E-state index contributed by atoms with van der Waals surface area (Å²) in [4.78, 5) is 25.6. The fourth-order valence-electron chi connectivity index (χ4n) is 3.11. The quantitative estimate of drug-likeness (QED) is 0.750. The van der Waals surface area contributed by atoms with Gasteiger partial charge >= 0.3 is 12.2 Å². The molecule has 1 aliphatic rings. The van der Waals surface area contributed by atoms with Crippen LogP contribution in [0.3, 0.4) is 0 Å². The zero-order chi connectivity index (χ0) is 19.7. The molecule has 1 aliphatic heterocycles. The number of nitrogens with zero attached hydrogens (tertiary/aromatic N) is 1. The second-order valence-electron chi connectivity index (χ2n) is 8.04. The minimum absolute atomic E-state index is 0.233. The van der Waals surface area contributed by atoms with Crippen molar-refractivity contribution in [2.24, 2.45) is 5.92 Å². The van der Waals surface area contributed by atoms with E-state index >= 15 is 0 Å². The van der Waals surface area contributed by atoms with Gasteiger partial charge in [0.25, 0.3) is 0 Å². The Morgan fingerprint density at radius 2 is 1.81 bits per heavy atom. The number of amides is 2. The summed E-state index contributed by atoms with van der Waals surface area (Å²) in [5.41, 5.74) is 0.532. The van der Waals surface area contributed by atoms with Gasteiger partial charge in [-0.2, -0.15) is 0 Å². The van der Waals surface area contributed by atoms with Crippen LogP contribution in [0.1, 0.15) is 52.0 Å². The van der Waals surface area contributed by atoms with Gasteiger partial charge < -0.3 is 19.7 Å². The van der Waals surface area contributed by atoms with Crippen molar-refractivity contribution < 1.29 is 19.1 Å². The minimum Gasteiger partial charge on any atom is -0.445 e. The Kier molecular flexibility index (Phi) is 7.95. The van der Waals surface area contributed by atoms with E-state index in [2.05, 4.69) is 5.32 Å². The molecular formula is C21H32N2O4. The highest BCUT2D eigenvalue weighted by Crippen LogP contribution is 2.22. The summed E-state index contributed by atoms with van der Waals surface area (Å²) in [6.07, 6.45) is 3.33. The Morgan fingerprint density at radius 1 is 1.15 bits per heavy atom. The molecule has 2 rings (SSSR count). The van der Waals surface area contributed by atoms with Gasteiger partial charge in [0.2, 0.25) is 0 Å². The standard InChI is InChI=1S/C21H32N2O4/c1-21(2,3)27-19(24)22-13-7-10-17-11-14-23(15-12-17)20(25)26-16-18-8-5-4-6-9-18/h4-6,8-9,17H,7,10-16H2,1-3H3,(H,22,24). The highest BCUT2D eigenvalue weighted by Gasteiger charge is 2.23. The molecule has 150 valence electrons. The number of ether oxygens (including phenoxy) is 2. The Balaban J connectivity index is 1.57. The first-order valence-electron chi connectivity index (χ1n) is 9.76. The lowest BCUT2D eigenvalue weighted by Gasteiger charge is -2.31. The predicted octanol–water partition coefficient (Wildman–Crippen LogP) is 4.34. The van der Waals surface area contributed by atoms with Crippen molar-refractivity contribution >= 4 is 12.2 Å². The summed E-state index contributed by atoms with van der Waals surface area (Å²) < 4.78 is 10.6. The lowest BCUT2D eigenvalue weighted by Crippen LogP contribution is -2.39. The summed E-state index contributed by atoms with van der Waals surface area (Å²) in [7, 11) is 0. The molecule has 1 heterocycles. The topological polar surface area (TPSA) is 67.9 Å². The molecule has 0 aromatic heterocycles.